The first-order valence-corrected chi connectivity index (χ1v) is 14.4. The molecule has 43 heavy (non-hydrogen) atoms. The van der Waals surface area contributed by atoms with Gasteiger partial charge in [0.25, 0.3) is 5.91 Å². The van der Waals surface area contributed by atoms with Crippen LogP contribution in [0.4, 0.5) is 4.39 Å². The maximum Gasteiger partial charge on any atom is 0.251 e. The van der Waals surface area contributed by atoms with Gasteiger partial charge in [-0.05, 0) is 87.1 Å². The number of aliphatic hydroxyl groups is 1. The van der Waals surface area contributed by atoms with Gasteiger partial charge in [0.05, 0.1) is 25.5 Å². The number of hydrogen-bond acceptors (Lipinski definition) is 8. The number of halogens is 1. The molecule has 0 spiro atoms. The normalized spacial score (nSPS) is 20.6. The Morgan fingerprint density at radius 1 is 1.12 bits per heavy atom. The molecule has 1 amide bonds. The predicted molar refractivity (Wildman–Crippen MR) is 153 cm³/mol. The second-order valence-corrected chi connectivity index (χ2v) is 11.7. The number of aromatic nitrogens is 4. The molecule has 1 unspecified atom stereocenters. The lowest BCUT2D eigenvalue weighted by Crippen LogP contribution is -2.43. The minimum atomic E-state index is -1.46. The number of amides is 1. The molecule has 4 aromatic rings. The second-order valence-electron chi connectivity index (χ2n) is 11.7. The van der Waals surface area contributed by atoms with Gasteiger partial charge in [-0.3, -0.25) is 4.79 Å². The van der Waals surface area contributed by atoms with Crippen LogP contribution in [-0.4, -0.2) is 57.1 Å². The van der Waals surface area contributed by atoms with Crippen LogP contribution in [0.1, 0.15) is 54.2 Å². The number of methoxy groups -OCH3 is 1. The summed E-state index contributed by atoms with van der Waals surface area (Å²) >= 11 is 0. The van der Waals surface area contributed by atoms with Crippen LogP contribution in [0.15, 0.2) is 61.2 Å². The first-order chi connectivity index (χ1) is 20.8. The SMILES string of the molecule is COc1cc(C(=O)NCC(O)(c2cc3c(c(-c4ccc(F)cc4)n2)OC[C@]3(C)n2cnnc2)C2CC2)ccc1OC1CC1. The van der Waals surface area contributed by atoms with E-state index in [1.807, 2.05) is 17.6 Å². The fraction of sp³-hybridized carbons (Fsp3) is 0.375. The van der Waals surface area contributed by atoms with Crippen molar-refractivity contribution >= 4 is 5.91 Å². The van der Waals surface area contributed by atoms with E-state index in [1.54, 1.807) is 43.0 Å². The molecule has 2 aromatic carbocycles. The fourth-order valence-corrected chi connectivity index (χ4v) is 5.66. The van der Waals surface area contributed by atoms with E-state index in [2.05, 4.69) is 15.5 Å². The van der Waals surface area contributed by atoms with Crippen molar-refractivity contribution in [2.24, 2.45) is 5.92 Å². The number of nitrogens with one attached hydrogen (secondary N) is 1. The number of carbonyl (C=O) groups is 1. The van der Waals surface area contributed by atoms with Gasteiger partial charge in [-0.1, -0.05) is 0 Å². The first-order valence-electron chi connectivity index (χ1n) is 14.4. The third-order valence-electron chi connectivity index (χ3n) is 8.62. The van der Waals surface area contributed by atoms with Gasteiger partial charge in [0.2, 0.25) is 0 Å². The number of pyridine rings is 1. The first kappa shape index (κ1) is 27.3. The minimum absolute atomic E-state index is 0.0576. The van der Waals surface area contributed by atoms with Gasteiger partial charge < -0.3 is 29.2 Å². The molecular formula is C32H32FN5O5. The van der Waals surface area contributed by atoms with Crippen LogP contribution in [0.3, 0.4) is 0 Å². The standard InChI is InChI=1S/C32H32FN5O5/c1-31(38-17-35-36-18-38)16-42-29-24(31)14-27(37-28(29)19-3-8-22(33)9-4-19)32(40,21-6-7-21)15-34-30(39)20-5-12-25(26(13-20)41-2)43-23-10-11-23/h3-5,8-9,12-14,17-18,21,23,40H,6-7,10-11,15-16H2,1-2H3,(H,34,39)/t31-,32?/m0/s1. The summed E-state index contributed by atoms with van der Waals surface area (Å²) in [7, 11) is 1.54. The number of fused-ring (bicyclic) bond motifs is 1. The Kier molecular flexibility index (Phi) is 6.57. The van der Waals surface area contributed by atoms with Gasteiger partial charge in [-0.2, -0.15) is 0 Å². The average molecular weight is 586 g/mol. The predicted octanol–water partition coefficient (Wildman–Crippen LogP) is 4.21. The minimum Gasteiger partial charge on any atom is -0.493 e. The zero-order chi connectivity index (χ0) is 29.8. The third-order valence-corrected chi connectivity index (χ3v) is 8.62. The Balaban J connectivity index is 1.24. The Hall–Kier alpha value is -4.51. The molecule has 2 aromatic heterocycles. The van der Waals surface area contributed by atoms with Crippen molar-refractivity contribution in [1.82, 2.24) is 25.1 Å². The lowest BCUT2D eigenvalue weighted by Gasteiger charge is -2.30. The number of rotatable bonds is 10. The zero-order valence-electron chi connectivity index (χ0n) is 23.9. The van der Waals surface area contributed by atoms with Crippen molar-refractivity contribution in [2.45, 2.75) is 49.9 Å². The van der Waals surface area contributed by atoms with Gasteiger partial charge in [-0.15, -0.1) is 10.2 Å². The molecule has 2 N–H and O–H groups in total. The van der Waals surface area contributed by atoms with Gasteiger partial charge in [0.1, 0.15) is 41.9 Å². The van der Waals surface area contributed by atoms with E-state index in [1.165, 1.54) is 19.2 Å². The molecule has 1 aliphatic heterocycles. The summed E-state index contributed by atoms with van der Waals surface area (Å²) in [6.45, 7) is 2.24. The topological polar surface area (TPSA) is 121 Å². The molecular weight excluding hydrogens is 553 g/mol. The molecule has 11 heteroatoms. The van der Waals surface area contributed by atoms with Crippen molar-refractivity contribution in [3.05, 3.63) is 83.8 Å². The number of nitrogens with zero attached hydrogens (tertiary/aromatic N) is 4. The molecule has 10 nitrogen and oxygen atoms in total. The number of carbonyl (C=O) groups excluding carboxylic acids is 1. The van der Waals surface area contributed by atoms with E-state index in [9.17, 15) is 14.3 Å². The van der Waals surface area contributed by atoms with Crippen molar-refractivity contribution in [1.29, 1.82) is 0 Å². The molecule has 2 atom stereocenters. The number of ether oxygens (including phenoxy) is 3. The number of hydrogen-bond donors (Lipinski definition) is 2. The van der Waals surface area contributed by atoms with Crippen LogP contribution in [0.2, 0.25) is 0 Å². The second kappa shape index (κ2) is 10.3. The summed E-state index contributed by atoms with van der Waals surface area (Å²) in [5.41, 5.74) is 0.582. The van der Waals surface area contributed by atoms with Crippen molar-refractivity contribution in [2.75, 3.05) is 20.3 Å². The third kappa shape index (κ3) is 4.97. The van der Waals surface area contributed by atoms with Gasteiger partial charge >= 0.3 is 0 Å². The van der Waals surface area contributed by atoms with Crippen LogP contribution in [0.5, 0.6) is 17.2 Å². The Morgan fingerprint density at radius 2 is 1.86 bits per heavy atom. The molecule has 3 heterocycles. The summed E-state index contributed by atoms with van der Waals surface area (Å²) in [5, 5.41) is 23.2. The van der Waals surface area contributed by atoms with Crippen LogP contribution < -0.4 is 19.5 Å². The van der Waals surface area contributed by atoms with E-state index >= 15 is 0 Å². The van der Waals surface area contributed by atoms with Gasteiger partial charge in [0, 0.05) is 16.7 Å². The van der Waals surface area contributed by atoms with E-state index in [0.717, 1.165) is 31.2 Å². The Morgan fingerprint density at radius 3 is 2.53 bits per heavy atom. The summed E-state index contributed by atoms with van der Waals surface area (Å²) in [6, 6.07) is 12.9. The van der Waals surface area contributed by atoms with Crippen LogP contribution in [0.25, 0.3) is 11.3 Å². The molecule has 0 radical (unpaired) electrons. The van der Waals surface area contributed by atoms with Gasteiger partial charge in [0.15, 0.2) is 17.2 Å². The van der Waals surface area contributed by atoms with E-state index in [-0.39, 0.29) is 30.3 Å². The highest BCUT2D eigenvalue weighted by molar-refractivity contribution is 5.95. The quantitative estimate of drug-likeness (QED) is 0.284. The lowest BCUT2D eigenvalue weighted by atomic mass is 9.86. The highest BCUT2D eigenvalue weighted by Crippen LogP contribution is 2.50. The van der Waals surface area contributed by atoms with Crippen LogP contribution in [0, 0.1) is 11.7 Å². The molecule has 7 rings (SSSR count). The summed E-state index contributed by atoms with van der Waals surface area (Å²) < 4.78 is 33.3. The van der Waals surface area contributed by atoms with E-state index in [0.29, 0.717) is 46.4 Å². The molecule has 0 saturated heterocycles. The summed E-state index contributed by atoms with van der Waals surface area (Å²) in [6.07, 6.45) is 7.04. The largest absolute Gasteiger partial charge is 0.493 e. The molecule has 2 fully saturated rings. The molecule has 0 bridgehead atoms. The molecule has 3 aliphatic rings. The monoisotopic (exact) mass is 585 g/mol. The van der Waals surface area contributed by atoms with Crippen molar-refractivity contribution in [3.8, 4) is 28.5 Å². The smallest absolute Gasteiger partial charge is 0.251 e. The summed E-state index contributed by atoms with van der Waals surface area (Å²) in [5.74, 6) is 0.807. The zero-order valence-corrected chi connectivity index (χ0v) is 23.9. The molecule has 2 saturated carbocycles. The fourth-order valence-electron chi connectivity index (χ4n) is 5.66. The number of benzene rings is 2. The highest BCUT2D eigenvalue weighted by Gasteiger charge is 2.49. The summed E-state index contributed by atoms with van der Waals surface area (Å²) in [4.78, 5) is 18.3. The maximum absolute atomic E-state index is 13.8. The Labute approximate surface area is 247 Å². The maximum atomic E-state index is 13.8. The van der Waals surface area contributed by atoms with Crippen LogP contribution >= 0.6 is 0 Å². The highest BCUT2D eigenvalue weighted by atomic mass is 19.1. The molecule has 222 valence electrons. The average Bonchev–Trinajstić information content (AvgIpc) is 3.95. The van der Waals surface area contributed by atoms with E-state index < -0.39 is 11.1 Å². The van der Waals surface area contributed by atoms with E-state index in [4.69, 9.17) is 19.2 Å². The van der Waals surface area contributed by atoms with Crippen molar-refractivity contribution < 1.29 is 28.5 Å². The Bertz CT molecular complexity index is 1670. The lowest BCUT2D eigenvalue weighted by molar-refractivity contribution is 0.00945. The van der Waals surface area contributed by atoms with Crippen molar-refractivity contribution in [3.63, 3.8) is 0 Å². The molecule has 2 aliphatic carbocycles. The van der Waals surface area contributed by atoms with Crippen LogP contribution in [-0.2, 0) is 11.1 Å². The van der Waals surface area contributed by atoms with Gasteiger partial charge in [-0.25, -0.2) is 9.37 Å².